The highest BCUT2D eigenvalue weighted by Gasteiger charge is 2.18. The molecule has 0 aromatic carbocycles. The van der Waals surface area contributed by atoms with Gasteiger partial charge in [0.25, 0.3) is 0 Å². The Bertz CT molecular complexity index is 408. The van der Waals surface area contributed by atoms with Crippen molar-refractivity contribution in [1.29, 1.82) is 0 Å². The van der Waals surface area contributed by atoms with Crippen LogP contribution in [0.2, 0.25) is 0 Å². The number of anilines is 2. The summed E-state index contributed by atoms with van der Waals surface area (Å²) in [5.74, 6) is 2.87. The highest BCUT2D eigenvalue weighted by Crippen LogP contribution is 2.22. The molecule has 0 radical (unpaired) electrons. The average molecular weight is 261 g/mol. The van der Waals surface area contributed by atoms with Crippen LogP contribution in [0.25, 0.3) is 0 Å². The lowest BCUT2D eigenvalue weighted by molar-refractivity contribution is 0.436. The SMILES string of the molecule is CC1CCN(c2cc(NC3CCNC3)ncn2)CC1. The summed E-state index contributed by atoms with van der Waals surface area (Å²) >= 11 is 0. The minimum atomic E-state index is 0.504. The Morgan fingerprint density at radius 1 is 1.26 bits per heavy atom. The number of piperidine rings is 1. The van der Waals surface area contributed by atoms with Gasteiger partial charge in [-0.1, -0.05) is 6.92 Å². The van der Waals surface area contributed by atoms with Gasteiger partial charge >= 0.3 is 0 Å². The van der Waals surface area contributed by atoms with Gasteiger partial charge in [-0.2, -0.15) is 0 Å². The molecule has 2 N–H and O–H groups in total. The summed E-state index contributed by atoms with van der Waals surface area (Å²) < 4.78 is 0. The first-order chi connectivity index (χ1) is 9.31. The van der Waals surface area contributed by atoms with E-state index in [1.165, 1.54) is 19.3 Å². The Hall–Kier alpha value is -1.36. The van der Waals surface area contributed by atoms with Crippen LogP contribution in [0, 0.1) is 5.92 Å². The number of aromatic nitrogens is 2. The molecular weight excluding hydrogens is 238 g/mol. The fourth-order valence-electron chi connectivity index (χ4n) is 2.82. The third-order valence-electron chi connectivity index (χ3n) is 4.17. The minimum absolute atomic E-state index is 0.504. The van der Waals surface area contributed by atoms with Crippen LogP contribution in [0.4, 0.5) is 11.6 Å². The van der Waals surface area contributed by atoms with Crippen LogP contribution in [-0.2, 0) is 0 Å². The predicted molar refractivity (Wildman–Crippen MR) is 77.5 cm³/mol. The van der Waals surface area contributed by atoms with Gasteiger partial charge < -0.3 is 15.5 Å². The van der Waals surface area contributed by atoms with Gasteiger partial charge in [0.2, 0.25) is 0 Å². The fraction of sp³-hybridized carbons (Fsp3) is 0.714. The van der Waals surface area contributed by atoms with Crippen molar-refractivity contribution >= 4 is 11.6 Å². The van der Waals surface area contributed by atoms with E-state index in [9.17, 15) is 0 Å². The van der Waals surface area contributed by atoms with Crippen molar-refractivity contribution in [3.05, 3.63) is 12.4 Å². The van der Waals surface area contributed by atoms with Crippen molar-refractivity contribution < 1.29 is 0 Å². The molecule has 2 aliphatic rings. The standard InChI is InChI=1S/C14H23N5/c1-11-3-6-19(7-4-11)14-8-13(16-10-17-14)18-12-2-5-15-9-12/h8,10-12,15H,2-7,9H2,1H3,(H,16,17,18). The topological polar surface area (TPSA) is 53.1 Å². The second-order valence-corrected chi connectivity index (χ2v) is 5.77. The average Bonchev–Trinajstić information content (AvgIpc) is 2.93. The molecule has 1 aromatic heterocycles. The normalized spacial score (nSPS) is 24.7. The van der Waals surface area contributed by atoms with Crippen molar-refractivity contribution in [2.24, 2.45) is 5.92 Å². The molecule has 5 heteroatoms. The maximum Gasteiger partial charge on any atom is 0.134 e. The molecule has 1 unspecified atom stereocenters. The molecule has 0 bridgehead atoms. The van der Waals surface area contributed by atoms with Gasteiger partial charge in [0.05, 0.1) is 0 Å². The van der Waals surface area contributed by atoms with Crippen LogP contribution in [-0.4, -0.2) is 42.2 Å². The molecule has 104 valence electrons. The van der Waals surface area contributed by atoms with Crippen LogP contribution in [0.1, 0.15) is 26.2 Å². The molecule has 0 spiro atoms. The summed E-state index contributed by atoms with van der Waals surface area (Å²) in [4.78, 5) is 11.1. The monoisotopic (exact) mass is 261 g/mol. The van der Waals surface area contributed by atoms with E-state index < -0.39 is 0 Å². The maximum absolute atomic E-state index is 4.42. The molecule has 2 saturated heterocycles. The van der Waals surface area contributed by atoms with Crippen molar-refractivity contribution in [3.8, 4) is 0 Å². The van der Waals surface area contributed by atoms with Gasteiger partial charge in [0, 0.05) is 31.7 Å². The van der Waals surface area contributed by atoms with E-state index in [0.717, 1.165) is 43.7 Å². The molecule has 19 heavy (non-hydrogen) atoms. The second kappa shape index (κ2) is 5.74. The number of hydrogen-bond acceptors (Lipinski definition) is 5. The highest BCUT2D eigenvalue weighted by molar-refractivity contribution is 5.49. The largest absolute Gasteiger partial charge is 0.366 e. The predicted octanol–water partition coefficient (Wildman–Crippen LogP) is 1.49. The van der Waals surface area contributed by atoms with Gasteiger partial charge in [0.15, 0.2) is 0 Å². The van der Waals surface area contributed by atoms with Crippen LogP contribution in [0.3, 0.4) is 0 Å². The van der Waals surface area contributed by atoms with E-state index in [0.29, 0.717) is 6.04 Å². The zero-order valence-electron chi connectivity index (χ0n) is 11.6. The van der Waals surface area contributed by atoms with Crippen molar-refractivity contribution in [2.45, 2.75) is 32.2 Å². The molecule has 1 atom stereocenters. The summed E-state index contributed by atoms with van der Waals surface area (Å²) in [6, 6.07) is 2.60. The summed E-state index contributed by atoms with van der Waals surface area (Å²) in [7, 11) is 0. The van der Waals surface area contributed by atoms with E-state index in [4.69, 9.17) is 0 Å². The molecule has 3 rings (SSSR count). The fourth-order valence-corrected chi connectivity index (χ4v) is 2.82. The summed E-state index contributed by atoms with van der Waals surface area (Å²) in [6.45, 7) is 6.68. The lowest BCUT2D eigenvalue weighted by Gasteiger charge is -2.31. The molecule has 5 nitrogen and oxygen atoms in total. The van der Waals surface area contributed by atoms with E-state index >= 15 is 0 Å². The number of nitrogens with zero attached hydrogens (tertiary/aromatic N) is 3. The van der Waals surface area contributed by atoms with E-state index in [1.54, 1.807) is 6.33 Å². The lowest BCUT2D eigenvalue weighted by Crippen LogP contribution is -2.33. The molecule has 0 aliphatic carbocycles. The number of hydrogen-bond donors (Lipinski definition) is 2. The third-order valence-corrected chi connectivity index (χ3v) is 4.17. The number of nitrogens with one attached hydrogen (secondary N) is 2. The molecular formula is C14H23N5. The van der Waals surface area contributed by atoms with Crippen LogP contribution in [0.15, 0.2) is 12.4 Å². The van der Waals surface area contributed by atoms with Gasteiger partial charge in [0.1, 0.15) is 18.0 Å². The van der Waals surface area contributed by atoms with Crippen molar-refractivity contribution in [2.75, 3.05) is 36.4 Å². The zero-order chi connectivity index (χ0) is 13.1. The summed E-state index contributed by atoms with van der Waals surface area (Å²) in [6.07, 6.45) is 5.37. The first-order valence-electron chi connectivity index (χ1n) is 7.35. The second-order valence-electron chi connectivity index (χ2n) is 5.77. The highest BCUT2D eigenvalue weighted by atomic mass is 15.2. The molecule has 3 heterocycles. The Kier molecular flexibility index (Phi) is 3.82. The van der Waals surface area contributed by atoms with Gasteiger partial charge in [-0.15, -0.1) is 0 Å². The van der Waals surface area contributed by atoms with Crippen LogP contribution in [0.5, 0.6) is 0 Å². The Morgan fingerprint density at radius 3 is 2.84 bits per heavy atom. The maximum atomic E-state index is 4.42. The van der Waals surface area contributed by atoms with Crippen LogP contribution >= 0.6 is 0 Å². The van der Waals surface area contributed by atoms with Crippen molar-refractivity contribution in [3.63, 3.8) is 0 Å². The van der Waals surface area contributed by atoms with Gasteiger partial charge in [-0.25, -0.2) is 9.97 Å². The molecule has 0 saturated carbocycles. The third kappa shape index (κ3) is 3.15. The Balaban J connectivity index is 1.65. The smallest absolute Gasteiger partial charge is 0.134 e. The zero-order valence-corrected chi connectivity index (χ0v) is 11.6. The molecule has 2 aliphatic heterocycles. The number of rotatable bonds is 3. The quantitative estimate of drug-likeness (QED) is 0.863. The first kappa shape index (κ1) is 12.7. The van der Waals surface area contributed by atoms with E-state index in [2.05, 4.69) is 38.5 Å². The van der Waals surface area contributed by atoms with Gasteiger partial charge in [-0.3, -0.25) is 0 Å². The summed E-state index contributed by atoms with van der Waals surface area (Å²) in [5.41, 5.74) is 0. The Morgan fingerprint density at radius 2 is 2.11 bits per heavy atom. The van der Waals surface area contributed by atoms with E-state index in [-0.39, 0.29) is 0 Å². The van der Waals surface area contributed by atoms with Crippen molar-refractivity contribution in [1.82, 2.24) is 15.3 Å². The Labute approximate surface area is 114 Å². The molecule has 2 fully saturated rings. The minimum Gasteiger partial charge on any atom is -0.366 e. The molecule has 0 amide bonds. The lowest BCUT2D eigenvalue weighted by atomic mass is 9.99. The first-order valence-corrected chi connectivity index (χ1v) is 7.35. The van der Waals surface area contributed by atoms with Crippen LogP contribution < -0.4 is 15.5 Å². The molecule has 1 aromatic rings. The van der Waals surface area contributed by atoms with E-state index in [1.807, 2.05) is 0 Å². The van der Waals surface area contributed by atoms with Gasteiger partial charge in [-0.05, 0) is 31.7 Å². The summed E-state index contributed by atoms with van der Waals surface area (Å²) in [5, 5.41) is 6.85.